The molecule has 1 aromatic carbocycles. The molecule has 0 aliphatic rings. The molecule has 2 aromatic heterocycles. The maximum absolute atomic E-state index is 5.49. The number of aromatic nitrogens is 2. The van der Waals surface area contributed by atoms with E-state index in [1.54, 1.807) is 29.2 Å². The van der Waals surface area contributed by atoms with Crippen molar-refractivity contribution in [2.45, 2.75) is 13.2 Å². The average molecular weight is 357 g/mol. The number of nitrogens with zero attached hydrogens (tertiary/aromatic N) is 3. The standard InChI is InChI=1S/C18H19N3O3S/c1-3-10-22-15-8-6-14(7-9-15)12-20(2)13-21-18(25)24-17(19-21)16-5-4-11-23-16/h3-9,11H,1,10,12-13H2,2H3. The topological polar surface area (TPSA) is 56.6 Å². The van der Waals surface area contributed by atoms with Crippen molar-refractivity contribution in [3.8, 4) is 17.4 Å². The molecule has 0 aliphatic carbocycles. The van der Waals surface area contributed by atoms with Gasteiger partial charge in [0.2, 0.25) is 0 Å². The molecule has 0 aliphatic heterocycles. The van der Waals surface area contributed by atoms with Crippen LogP contribution < -0.4 is 4.74 Å². The van der Waals surface area contributed by atoms with Crippen LogP contribution in [0.5, 0.6) is 5.75 Å². The largest absolute Gasteiger partial charge is 0.490 e. The Balaban J connectivity index is 1.62. The van der Waals surface area contributed by atoms with Gasteiger partial charge < -0.3 is 13.6 Å². The van der Waals surface area contributed by atoms with Crippen molar-refractivity contribution in [1.82, 2.24) is 14.7 Å². The predicted octanol–water partition coefficient (Wildman–Crippen LogP) is 4.12. The van der Waals surface area contributed by atoms with E-state index in [2.05, 4.69) is 16.6 Å². The van der Waals surface area contributed by atoms with Gasteiger partial charge in [0, 0.05) is 6.54 Å². The Bertz CT molecular complexity index is 866. The Kier molecular flexibility index (Phi) is 5.47. The third kappa shape index (κ3) is 4.46. The lowest BCUT2D eigenvalue weighted by Gasteiger charge is -2.16. The molecule has 0 amide bonds. The zero-order chi connectivity index (χ0) is 17.6. The molecule has 0 N–H and O–H groups in total. The van der Waals surface area contributed by atoms with Crippen molar-refractivity contribution in [2.24, 2.45) is 0 Å². The molecular formula is C18H19N3O3S. The van der Waals surface area contributed by atoms with E-state index in [1.807, 2.05) is 31.3 Å². The highest BCUT2D eigenvalue weighted by molar-refractivity contribution is 7.71. The lowest BCUT2D eigenvalue weighted by atomic mass is 10.2. The summed E-state index contributed by atoms with van der Waals surface area (Å²) in [7, 11) is 1.99. The van der Waals surface area contributed by atoms with Crippen molar-refractivity contribution in [2.75, 3.05) is 13.7 Å². The van der Waals surface area contributed by atoms with Gasteiger partial charge in [0.1, 0.15) is 12.4 Å². The van der Waals surface area contributed by atoms with Gasteiger partial charge in [-0.2, -0.15) is 0 Å². The Morgan fingerprint density at radius 2 is 2.12 bits per heavy atom. The normalized spacial score (nSPS) is 11.0. The molecule has 130 valence electrons. The molecule has 0 unspecified atom stereocenters. The van der Waals surface area contributed by atoms with Crippen molar-refractivity contribution in [1.29, 1.82) is 0 Å². The Morgan fingerprint density at radius 1 is 1.32 bits per heavy atom. The predicted molar refractivity (Wildman–Crippen MR) is 96.6 cm³/mol. The summed E-state index contributed by atoms with van der Waals surface area (Å²) in [6, 6.07) is 11.5. The van der Waals surface area contributed by atoms with E-state index in [0.717, 1.165) is 17.9 Å². The van der Waals surface area contributed by atoms with Crippen LogP contribution in [0, 0.1) is 4.84 Å². The monoisotopic (exact) mass is 357 g/mol. The molecule has 25 heavy (non-hydrogen) atoms. The van der Waals surface area contributed by atoms with Crippen molar-refractivity contribution in [3.05, 3.63) is 65.7 Å². The van der Waals surface area contributed by atoms with Crippen LogP contribution in [-0.2, 0) is 13.2 Å². The molecule has 7 heteroatoms. The molecule has 0 radical (unpaired) electrons. The zero-order valence-corrected chi connectivity index (χ0v) is 14.7. The van der Waals surface area contributed by atoms with Gasteiger partial charge in [-0.15, -0.1) is 5.10 Å². The highest BCUT2D eigenvalue weighted by Gasteiger charge is 2.12. The summed E-state index contributed by atoms with van der Waals surface area (Å²) in [4.78, 5) is 2.40. The summed E-state index contributed by atoms with van der Waals surface area (Å²) in [5, 5.41) is 4.36. The van der Waals surface area contributed by atoms with Crippen LogP contribution in [0.3, 0.4) is 0 Å². The number of furan rings is 1. The first kappa shape index (κ1) is 17.2. The van der Waals surface area contributed by atoms with Gasteiger partial charge in [0.25, 0.3) is 10.7 Å². The van der Waals surface area contributed by atoms with Gasteiger partial charge in [0.15, 0.2) is 5.76 Å². The maximum atomic E-state index is 5.49. The second-order valence-electron chi connectivity index (χ2n) is 5.55. The molecule has 0 saturated carbocycles. The lowest BCUT2D eigenvalue weighted by Crippen LogP contribution is -2.22. The third-order valence-corrected chi connectivity index (χ3v) is 3.75. The van der Waals surface area contributed by atoms with Crippen LogP contribution in [0.4, 0.5) is 0 Å². The SMILES string of the molecule is C=CCOc1ccc(CN(C)Cn2nc(-c3ccco3)oc2=S)cc1. The summed E-state index contributed by atoms with van der Waals surface area (Å²) in [5.41, 5.74) is 1.16. The molecule has 3 rings (SSSR count). The van der Waals surface area contributed by atoms with Gasteiger partial charge in [-0.1, -0.05) is 24.8 Å². The van der Waals surface area contributed by atoms with Crippen LogP contribution in [-0.4, -0.2) is 28.3 Å². The molecule has 0 fully saturated rings. The van der Waals surface area contributed by atoms with Crippen molar-refractivity contribution < 1.29 is 13.6 Å². The van der Waals surface area contributed by atoms with Gasteiger partial charge in [-0.25, -0.2) is 4.68 Å². The quantitative estimate of drug-likeness (QED) is 0.446. The van der Waals surface area contributed by atoms with Crippen LogP contribution in [0.15, 0.2) is 64.2 Å². The highest BCUT2D eigenvalue weighted by Crippen LogP contribution is 2.18. The molecule has 3 aromatic rings. The van der Waals surface area contributed by atoms with Gasteiger partial charge in [0.05, 0.1) is 12.9 Å². The second-order valence-corrected chi connectivity index (χ2v) is 5.90. The van der Waals surface area contributed by atoms with Crippen molar-refractivity contribution >= 4 is 12.2 Å². The molecule has 0 atom stereocenters. The minimum Gasteiger partial charge on any atom is -0.490 e. The van der Waals surface area contributed by atoms with Crippen molar-refractivity contribution in [3.63, 3.8) is 0 Å². The summed E-state index contributed by atoms with van der Waals surface area (Å²) < 4.78 is 17.9. The summed E-state index contributed by atoms with van der Waals surface area (Å²) in [6.07, 6.45) is 3.29. The van der Waals surface area contributed by atoms with E-state index >= 15 is 0 Å². The molecular weight excluding hydrogens is 338 g/mol. The average Bonchev–Trinajstić information content (AvgIpc) is 3.25. The van der Waals surface area contributed by atoms with Crippen LogP contribution in [0.1, 0.15) is 5.56 Å². The van der Waals surface area contributed by atoms with Crippen LogP contribution >= 0.6 is 12.2 Å². The van der Waals surface area contributed by atoms with E-state index < -0.39 is 0 Å². The Labute approximate surface area is 150 Å². The first-order chi connectivity index (χ1) is 12.2. The highest BCUT2D eigenvalue weighted by atomic mass is 32.1. The fourth-order valence-electron chi connectivity index (χ4n) is 2.33. The fraction of sp³-hybridized carbons (Fsp3) is 0.222. The minimum atomic E-state index is 0.312. The number of hydrogen-bond acceptors (Lipinski definition) is 6. The first-order valence-corrected chi connectivity index (χ1v) is 8.19. The number of ether oxygens (including phenoxy) is 1. The molecule has 0 saturated heterocycles. The van der Waals surface area contributed by atoms with E-state index in [9.17, 15) is 0 Å². The van der Waals surface area contributed by atoms with E-state index in [-0.39, 0.29) is 0 Å². The Hall–Kier alpha value is -2.64. The van der Waals surface area contributed by atoms with Gasteiger partial charge >= 0.3 is 0 Å². The zero-order valence-electron chi connectivity index (χ0n) is 13.9. The molecule has 2 heterocycles. The van der Waals surface area contributed by atoms with Gasteiger partial charge in [-0.3, -0.25) is 4.90 Å². The third-order valence-electron chi connectivity index (χ3n) is 3.46. The smallest absolute Gasteiger partial charge is 0.288 e. The van der Waals surface area contributed by atoms with Gasteiger partial charge in [-0.05, 0) is 49.1 Å². The van der Waals surface area contributed by atoms with E-state index in [1.165, 1.54) is 0 Å². The number of hydrogen-bond donors (Lipinski definition) is 0. The molecule has 0 bridgehead atoms. The first-order valence-electron chi connectivity index (χ1n) is 7.78. The molecule has 6 nitrogen and oxygen atoms in total. The maximum Gasteiger partial charge on any atom is 0.288 e. The summed E-state index contributed by atoms with van der Waals surface area (Å²) in [5.74, 6) is 1.77. The summed E-state index contributed by atoms with van der Waals surface area (Å²) in [6.45, 7) is 5.39. The van der Waals surface area contributed by atoms with Crippen LogP contribution in [0.25, 0.3) is 11.7 Å². The number of rotatable bonds is 8. The lowest BCUT2D eigenvalue weighted by molar-refractivity contribution is 0.240. The second kappa shape index (κ2) is 7.96. The Morgan fingerprint density at radius 3 is 2.80 bits per heavy atom. The molecule has 0 spiro atoms. The summed E-state index contributed by atoms with van der Waals surface area (Å²) >= 11 is 5.23. The number of benzene rings is 1. The fourth-order valence-corrected chi connectivity index (χ4v) is 2.51. The van der Waals surface area contributed by atoms with Crippen LogP contribution in [0.2, 0.25) is 0 Å². The van der Waals surface area contributed by atoms with E-state index in [4.69, 9.17) is 25.8 Å². The van der Waals surface area contributed by atoms with E-state index in [0.29, 0.717) is 29.8 Å². The minimum absolute atomic E-state index is 0.312.